The van der Waals surface area contributed by atoms with Crippen molar-refractivity contribution in [3.05, 3.63) is 35.2 Å². The molecule has 1 saturated carbocycles. The molecular weight excluding hydrogens is 292 g/mol. The van der Waals surface area contributed by atoms with Gasteiger partial charge in [0, 0.05) is 16.7 Å². The van der Waals surface area contributed by atoms with Crippen LogP contribution < -0.4 is 5.43 Å². The SMILES string of the molecule is C[C@@H]1CCC/C(=N/Nc2nc(-c3ccc(C#N)cc3)cs2)C1. The van der Waals surface area contributed by atoms with Crippen LogP contribution in [0.25, 0.3) is 11.3 Å². The largest absolute Gasteiger partial charge is 0.253 e. The third-order valence-corrected chi connectivity index (χ3v) is 4.62. The monoisotopic (exact) mass is 310 g/mol. The van der Waals surface area contributed by atoms with Crippen molar-refractivity contribution in [3.63, 3.8) is 0 Å². The molecule has 1 N–H and O–H groups in total. The molecule has 3 rings (SSSR count). The van der Waals surface area contributed by atoms with Gasteiger partial charge in [0.15, 0.2) is 0 Å². The Morgan fingerprint density at radius 1 is 1.36 bits per heavy atom. The zero-order valence-corrected chi connectivity index (χ0v) is 13.4. The van der Waals surface area contributed by atoms with E-state index in [0.29, 0.717) is 5.56 Å². The average molecular weight is 310 g/mol. The predicted molar refractivity (Wildman–Crippen MR) is 91.0 cm³/mol. The summed E-state index contributed by atoms with van der Waals surface area (Å²) in [6, 6.07) is 9.59. The second kappa shape index (κ2) is 6.71. The van der Waals surface area contributed by atoms with Gasteiger partial charge in [-0.05, 0) is 43.7 Å². The summed E-state index contributed by atoms with van der Waals surface area (Å²) >= 11 is 1.55. The third kappa shape index (κ3) is 3.52. The number of hydrogen-bond acceptors (Lipinski definition) is 5. The Balaban J connectivity index is 1.68. The Labute approximate surface area is 134 Å². The van der Waals surface area contributed by atoms with Crippen molar-refractivity contribution in [3.8, 4) is 17.3 Å². The fourth-order valence-electron chi connectivity index (χ4n) is 2.66. The maximum Gasteiger partial charge on any atom is 0.203 e. The van der Waals surface area contributed by atoms with E-state index in [2.05, 4.69) is 28.5 Å². The zero-order chi connectivity index (χ0) is 15.4. The standard InChI is InChI=1S/C17H18N4S/c1-12-3-2-4-15(9-12)20-21-17-19-16(11-22-17)14-7-5-13(10-18)6-8-14/h5-8,11-12H,2-4,9H2,1H3,(H,19,21)/b20-15-/t12-/m1/s1. The number of aromatic nitrogens is 1. The van der Waals surface area contributed by atoms with Crippen LogP contribution in [0.4, 0.5) is 5.13 Å². The average Bonchev–Trinajstić information content (AvgIpc) is 3.02. The first-order valence-corrected chi connectivity index (χ1v) is 8.40. The number of hydrogen-bond donors (Lipinski definition) is 1. The van der Waals surface area contributed by atoms with Gasteiger partial charge in [-0.15, -0.1) is 11.3 Å². The summed E-state index contributed by atoms with van der Waals surface area (Å²) in [6.45, 7) is 2.28. The number of rotatable bonds is 3. The van der Waals surface area contributed by atoms with Crippen molar-refractivity contribution in [2.24, 2.45) is 11.0 Å². The maximum absolute atomic E-state index is 8.83. The van der Waals surface area contributed by atoms with Gasteiger partial charge in [0.05, 0.1) is 17.3 Å². The number of benzene rings is 1. The molecule has 2 aromatic rings. The minimum atomic E-state index is 0.662. The molecule has 0 saturated heterocycles. The normalized spacial score (nSPS) is 19.8. The van der Waals surface area contributed by atoms with Crippen molar-refractivity contribution in [2.45, 2.75) is 32.6 Å². The lowest BCUT2D eigenvalue weighted by atomic mass is 9.89. The van der Waals surface area contributed by atoms with Crippen LogP contribution in [0.15, 0.2) is 34.7 Å². The molecule has 4 nitrogen and oxygen atoms in total. The summed E-state index contributed by atoms with van der Waals surface area (Å²) in [4.78, 5) is 4.56. The minimum Gasteiger partial charge on any atom is -0.253 e. The Morgan fingerprint density at radius 3 is 2.91 bits per heavy atom. The molecule has 5 heteroatoms. The second-order valence-electron chi connectivity index (χ2n) is 5.72. The zero-order valence-electron chi connectivity index (χ0n) is 12.5. The molecule has 1 aromatic heterocycles. The number of nitriles is 1. The summed E-state index contributed by atoms with van der Waals surface area (Å²) in [5.41, 5.74) is 6.92. The molecule has 0 radical (unpaired) electrons. The van der Waals surface area contributed by atoms with Crippen LogP contribution in [0.2, 0.25) is 0 Å². The Kier molecular flexibility index (Phi) is 4.50. The molecule has 1 atom stereocenters. The van der Waals surface area contributed by atoms with Gasteiger partial charge < -0.3 is 0 Å². The van der Waals surface area contributed by atoms with Crippen LogP contribution in [0.1, 0.15) is 38.2 Å². The summed E-state index contributed by atoms with van der Waals surface area (Å²) in [7, 11) is 0. The lowest BCUT2D eigenvalue weighted by molar-refractivity contribution is 0.500. The van der Waals surface area contributed by atoms with Crippen LogP contribution in [-0.2, 0) is 0 Å². The topological polar surface area (TPSA) is 61.1 Å². The Hall–Kier alpha value is -2.19. The summed E-state index contributed by atoms with van der Waals surface area (Å²) < 4.78 is 0. The van der Waals surface area contributed by atoms with E-state index in [1.807, 2.05) is 29.6 Å². The summed E-state index contributed by atoms with van der Waals surface area (Å²) in [5.74, 6) is 0.736. The Bertz CT molecular complexity index is 709. The number of thiazole rings is 1. The molecule has 22 heavy (non-hydrogen) atoms. The highest BCUT2D eigenvalue weighted by Gasteiger charge is 2.14. The molecule has 0 aliphatic heterocycles. The lowest BCUT2D eigenvalue weighted by Crippen LogP contribution is -2.13. The van der Waals surface area contributed by atoms with Gasteiger partial charge >= 0.3 is 0 Å². The van der Waals surface area contributed by atoms with E-state index < -0.39 is 0 Å². The highest BCUT2D eigenvalue weighted by Crippen LogP contribution is 2.26. The minimum absolute atomic E-state index is 0.662. The molecule has 1 aromatic carbocycles. The van der Waals surface area contributed by atoms with Crippen molar-refractivity contribution in [1.29, 1.82) is 5.26 Å². The number of nitrogens with one attached hydrogen (secondary N) is 1. The van der Waals surface area contributed by atoms with Crippen LogP contribution >= 0.6 is 11.3 Å². The van der Waals surface area contributed by atoms with E-state index in [-0.39, 0.29) is 0 Å². The van der Waals surface area contributed by atoms with Gasteiger partial charge in [-0.2, -0.15) is 10.4 Å². The van der Waals surface area contributed by atoms with Crippen molar-refractivity contribution < 1.29 is 0 Å². The summed E-state index contributed by atoms with van der Waals surface area (Å²) in [5, 5.41) is 16.2. The number of anilines is 1. The van der Waals surface area contributed by atoms with E-state index in [9.17, 15) is 0 Å². The van der Waals surface area contributed by atoms with E-state index in [0.717, 1.165) is 35.1 Å². The highest BCUT2D eigenvalue weighted by atomic mass is 32.1. The van der Waals surface area contributed by atoms with Gasteiger partial charge in [-0.1, -0.05) is 19.1 Å². The van der Waals surface area contributed by atoms with Crippen LogP contribution in [0.3, 0.4) is 0 Å². The first-order chi connectivity index (χ1) is 10.7. The molecule has 1 heterocycles. The van der Waals surface area contributed by atoms with Gasteiger partial charge in [0.1, 0.15) is 0 Å². The molecule has 0 amide bonds. The molecule has 112 valence electrons. The highest BCUT2D eigenvalue weighted by molar-refractivity contribution is 7.14. The van der Waals surface area contributed by atoms with E-state index >= 15 is 0 Å². The van der Waals surface area contributed by atoms with E-state index in [4.69, 9.17) is 5.26 Å². The number of nitrogens with zero attached hydrogens (tertiary/aromatic N) is 3. The van der Waals surface area contributed by atoms with Crippen molar-refractivity contribution in [2.75, 3.05) is 5.43 Å². The fraction of sp³-hybridized carbons (Fsp3) is 0.353. The Morgan fingerprint density at radius 2 is 2.18 bits per heavy atom. The van der Waals surface area contributed by atoms with Crippen molar-refractivity contribution in [1.82, 2.24) is 4.98 Å². The molecule has 1 aliphatic rings. The lowest BCUT2D eigenvalue weighted by Gasteiger charge is -2.18. The van der Waals surface area contributed by atoms with Crippen LogP contribution in [0.5, 0.6) is 0 Å². The molecular formula is C17H18N4S. The smallest absolute Gasteiger partial charge is 0.203 e. The first kappa shape index (κ1) is 14.7. The van der Waals surface area contributed by atoms with Gasteiger partial charge in [-0.3, -0.25) is 5.43 Å². The van der Waals surface area contributed by atoms with E-state index in [1.54, 1.807) is 11.3 Å². The summed E-state index contributed by atoms with van der Waals surface area (Å²) in [6.07, 6.45) is 4.71. The van der Waals surface area contributed by atoms with Gasteiger partial charge in [-0.25, -0.2) is 4.98 Å². The molecule has 0 unspecified atom stereocenters. The van der Waals surface area contributed by atoms with Gasteiger partial charge in [0.25, 0.3) is 0 Å². The molecule has 0 bridgehead atoms. The third-order valence-electron chi connectivity index (χ3n) is 3.87. The van der Waals surface area contributed by atoms with E-state index in [1.165, 1.54) is 18.6 Å². The van der Waals surface area contributed by atoms with Gasteiger partial charge in [0.2, 0.25) is 5.13 Å². The molecule has 0 spiro atoms. The number of hydrazone groups is 1. The molecule has 1 fully saturated rings. The maximum atomic E-state index is 8.83. The van der Waals surface area contributed by atoms with Crippen LogP contribution in [-0.4, -0.2) is 10.7 Å². The fourth-order valence-corrected chi connectivity index (χ4v) is 3.32. The quantitative estimate of drug-likeness (QED) is 0.839. The van der Waals surface area contributed by atoms with Crippen LogP contribution in [0, 0.1) is 17.2 Å². The second-order valence-corrected chi connectivity index (χ2v) is 6.58. The van der Waals surface area contributed by atoms with Crippen molar-refractivity contribution >= 4 is 22.2 Å². The first-order valence-electron chi connectivity index (χ1n) is 7.52. The molecule has 1 aliphatic carbocycles. The predicted octanol–water partition coefficient (Wildman–Crippen LogP) is 4.66.